The van der Waals surface area contributed by atoms with Gasteiger partial charge in [-0.2, -0.15) is 0 Å². The summed E-state index contributed by atoms with van der Waals surface area (Å²) in [6, 6.07) is 18.7. The van der Waals surface area contributed by atoms with E-state index >= 15 is 0 Å². The summed E-state index contributed by atoms with van der Waals surface area (Å²) in [5, 5.41) is 1.07. The second-order valence-electron chi connectivity index (χ2n) is 5.91. The van der Waals surface area contributed by atoms with Crippen molar-refractivity contribution in [3.05, 3.63) is 66.4 Å². The molecule has 0 N–H and O–H groups in total. The van der Waals surface area contributed by atoms with Crippen LogP contribution in [0.2, 0.25) is 0 Å². The highest BCUT2D eigenvalue weighted by molar-refractivity contribution is 6.07. The lowest BCUT2D eigenvalue weighted by molar-refractivity contribution is 0.669. The van der Waals surface area contributed by atoms with Crippen molar-refractivity contribution in [3.63, 3.8) is 0 Å². The minimum Gasteiger partial charge on any atom is -0.454 e. The summed E-state index contributed by atoms with van der Waals surface area (Å²) in [5.74, 6) is 0.507. The maximum atomic E-state index is 6.08. The molecule has 0 aliphatic carbocycles. The molecule has 0 spiro atoms. The highest BCUT2D eigenvalue weighted by Gasteiger charge is 2.13. The summed E-state index contributed by atoms with van der Waals surface area (Å²) in [5.41, 5.74) is 6.30. The van der Waals surface area contributed by atoms with Crippen LogP contribution in [0.25, 0.3) is 33.2 Å². The summed E-state index contributed by atoms with van der Waals surface area (Å²) in [7, 11) is 0. The van der Waals surface area contributed by atoms with Crippen molar-refractivity contribution in [1.29, 1.82) is 0 Å². The lowest BCUT2D eigenvalue weighted by Crippen LogP contribution is -1.88. The summed E-state index contributed by atoms with van der Waals surface area (Å²) in [6.07, 6.45) is 1.86. The first-order valence-corrected chi connectivity index (χ1v) is 7.60. The van der Waals surface area contributed by atoms with Crippen LogP contribution < -0.4 is 0 Å². The van der Waals surface area contributed by atoms with Gasteiger partial charge in [0.1, 0.15) is 11.1 Å². The van der Waals surface area contributed by atoms with Crippen LogP contribution in [0.3, 0.4) is 0 Å². The number of benzene rings is 2. The van der Waals surface area contributed by atoms with E-state index in [9.17, 15) is 0 Å². The molecule has 108 valence electrons. The van der Waals surface area contributed by atoms with E-state index in [0.29, 0.717) is 5.92 Å². The van der Waals surface area contributed by atoms with Gasteiger partial charge in [0.15, 0.2) is 5.58 Å². The van der Waals surface area contributed by atoms with E-state index in [1.807, 2.05) is 30.5 Å². The number of para-hydroxylation sites is 1. The topological polar surface area (TPSA) is 26.0 Å². The first-order valence-electron chi connectivity index (χ1n) is 7.60. The van der Waals surface area contributed by atoms with Gasteiger partial charge in [-0.25, -0.2) is 0 Å². The first kappa shape index (κ1) is 13.1. The molecule has 0 amide bonds. The normalized spacial score (nSPS) is 11.6. The molecule has 0 fully saturated rings. The van der Waals surface area contributed by atoms with Crippen LogP contribution in [0.4, 0.5) is 0 Å². The number of rotatable bonds is 2. The van der Waals surface area contributed by atoms with Crippen LogP contribution in [0.1, 0.15) is 25.3 Å². The molecule has 4 rings (SSSR count). The average molecular weight is 287 g/mol. The molecule has 0 aliphatic heterocycles. The molecule has 4 aromatic rings. The van der Waals surface area contributed by atoms with Crippen molar-refractivity contribution in [1.82, 2.24) is 4.98 Å². The summed E-state index contributed by atoms with van der Waals surface area (Å²) in [4.78, 5) is 4.52. The van der Waals surface area contributed by atoms with Gasteiger partial charge in [-0.1, -0.05) is 50.2 Å². The van der Waals surface area contributed by atoms with Crippen molar-refractivity contribution in [2.24, 2.45) is 0 Å². The van der Waals surface area contributed by atoms with Crippen LogP contribution in [0, 0.1) is 0 Å². The van der Waals surface area contributed by atoms with Crippen LogP contribution in [-0.2, 0) is 0 Å². The van der Waals surface area contributed by atoms with Crippen LogP contribution >= 0.6 is 0 Å². The Kier molecular flexibility index (Phi) is 2.97. The van der Waals surface area contributed by atoms with Gasteiger partial charge in [0.05, 0.1) is 0 Å². The van der Waals surface area contributed by atoms with Crippen LogP contribution in [0.5, 0.6) is 0 Å². The predicted octanol–water partition coefficient (Wildman–Crippen LogP) is 5.77. The van der Waals surface area contributed by atoms with Crippen molar-refractivity contribution >= 4 is 22.1 Å². The van der Waals surface area contributed by atoms with E-state index in [4.69, 9.17) is 4.42 Å². The molecule has 0 aliphatic rings. The van der Waals surface area contributed by atoms with Gasteiger partial charge in [0.25, 0.3) is 0 Å². The fourth-order valence-electron chi connectivity index (χ4n) is 2.90. The van der Waals surface area contributed by atoms with Crippen LogP contribution in [0.15, 0.2) is 65.2 Å². The highest BCUT2D eigenvalue weighted by Crippen LogP contribution is 2.34. The van der Waals surface area contributed by atoms with E-state index in [-0.39, 0.29) is 0 Å². The molecule has 2 aromatic heterocycles. The highest BCUT2D eigenvalue weighted by atomic mass is 16.3. The molecule has 0 saturated heterocycles. The summed E-state index contributed by atoms with van der Waals surface area (Å²) < 4.78 is 6.08. The van der Waals surface area contributed by atoms with Crippen molar-refractivity contribution in [2.75, 3.05) is 0 Å². The number of aromatic nitrogens is 1. The van der Waals surface area contributed by atoms with Gasteiger partial charge in [-0.15, -0.1) is 0 Å². The monoisotopic (exact) mass is 287 g/mol. The third-order valence-corrected chi connectivity index (χ3v) is 4.12. The lowest BCUT2D eigenvalue weighted by atomic mass is 9.97. The first-order chi connectivity index (χ1) is 10.7. The minimum atomic E-state index is 0.507. The molecule has 2 heterocycles. The number of hydrogen-bond acceptors (Lipinski definition) is 2. The van der Waals surface area contributed by atoms with Crippen molar-refractivity contribution in [3.8, 4) is 11.1 Å². The van der Waals surface area contributed by atoms with E-state index < -0.39 is 0 Å². The van der Waals surface area contributed by atoms with Gasteiger partial charge >= 0.3 is 0 Å². The molecule has 2 heteroatoms. The van der Waals surface area contributed by atoms with E-state index in [1.54, 1.807) is 0 Å². The third kappa shape index (κ3) is 2.00. The number of hydrogen-bond donors (Lipinski definition) is 0. The molecular weight excluding hydrogens is 270 g/mol. The maximum Gasteiger partial charge on any atom is 0.161 e. The zero-order chi connectivity index (χ0) is 15.1. The Morgan fingerprint density at radius 2 is 1.82 bits per heavy atom. The summed E-state index contributed by atoms with van der Waals surface area (Å²) in [6.45, 7) is 4.42. The smallest absolute Gasteiger partial charge is 0.161 e. The fraction of sp³-hybridized carbons (Fsp3) is 0.150. The van der Waals surface area contributed by atoms with Crippen LogP contribution in [-0.4, -0.2) is 4.98 Å². The predicted molar refractivity (Wildman–Crippen MR) is 91.0 cm³/mol. The third-order valence-electron chi connectivity index (χ3n) is 4.12. The Morgan fingerprint density at radius 3 is 2.68 bits per heavy atom. The van der Waals surface area contributed by atoms with Gasteiger partial charge < -0.3 is 4.42 Å². The second-order valence-corrected chi connectivity index (χ2v) is 5.91. The van der Waals surface area contributed by atoms with E-state index in [2.05, 4.69) is 49.2 Å². The Morgan fingerprint density at radius 1 is 0.955 bits per heavy atom. The zero-order valence-corrected chi connectivity index (χ0v) is 12.7. The number of fused-ring (bicyclic) bond motifs is 3. The Balaban J connectivity index is 2.01. The number of pyridine rings is 1. The molecule has 2 nitrogen and oxygen atoms in total. The average Bonchev–Trinajstić information content (AvgIpc) is 2.93. The van der Waals surface area contributed by atoms with Crippen molar-refractivity contribution < 1.29 is 4.42 Å². The van der Waals surface area contributed by atoms with Gasteiger partial charge in [-0.3, -0.25) is 4.98 Å². The maximum absolute atomic E-state index is 6.08. The number of furan rings is 1. The largest absolute Gasteiger partial charge is 0.454 e. The zero-order valence-electron chi connectivity index (χ0n) is 12.7. The number of nitrogens with zero attached hydrogens (tertiary/aromatic N) is 1. The van der Waals surface area contributed by atoms with E-state index in [0.717, 1.165) is 27.6 Å². The SMILES string of the molecule is CC(C)c1cccc(-c2ccnc3c2oc2ccccc23)c1. The molecule has 22 heavy (non-hydrogen) atoms. The Labute approximate surface area is 129 Å². The molecule has 2 aromatic carbocycles. The van der Waals surface area contributed by atoms with Crippen molar-refractivity contribution in [2.45, 2.75) is 19.8 Å². The molecule has 0 radical (unpaired) electrons. The van der Waals surface area contributed by atoms with E-state index in [1.165, 1.54) is 11.1 Å². The molecule has 0 unspecified atom stereocenters. The summed E-state index contributed by atoms with van der Waals surface area (Å²) >= 11 is 0. The second kappa shape index (κ2) is 4.99. The Bertz CT molecular complexity index is 966. The Hall–Kier alpha value is -2.61. The fourth-order valence-corrected chi connectivity index (χ4v) is 2.90. The van der Waals surface area contributed by atoms with Gasteiger partial charge in [0.2, 0.25) is 0 Å². The minimum absolute atomic E-state index is 0.507. The lowest BCUT2D eigenvalue weighted by Gasteiger charge is -2.08. The standard InChI is InChI=1S/C20H17NO/c1-13(2)14-6-5-7-15(12-14)16-10-11-21-19-17-8-3-4-9-18(17)22-20(16)19/h3-13H,1-2H3. The molecular formula is C20H17NO. The van der Waals surface area contributed by atoms with Gasteiger partial charge in [0, 0.05) is 17.1 Å². The quantitative estimate of drug-likeness (QED) is 0.467. The molecule has 0 atom stereocenters. The molecule has 0 bridgehead atoms. The molecule has 0 saturated carbocycles. The van der Waals surface area contributed by atoms with Gasteiger partial charge in [-0.05, 0) is 35.2 Å².